The molecule has 0 aliphatic heterocycles. The number of aromatic nitrogens is 1. The predicted molar refractivity (Wildman–Crippen MR) is 121 cm³/mol. The molecule has 0 saturated heterocycles. The molecule has 3 aromatic carbocycles. The molecule has 0 unspecified atom stereocenters. The molecule has 4 rings (SSSR count). The van der Waals surface area contributed by atoms with E-state index in [0.717, 1.165) is 16.9 Å². The molecule has 33 heavy (non-hydrogen) atoms. The lowest BCUT2D eigenvalue weighted by molar-refractivity contribution is 0.0726. The van der Waals surface area contributed by atoms with Gasteiger partial charge in [0.25, 0.3) is 5.91 Å². The summed E-state index contributed by atoms with van der Waals surface area (Å²) in [4.78, 5) is 15.0. The summed E-state index contributed by atoms with van der Waals surface area (Å²) >= 11 is 0. The molecule has 1 aromatic heterocycles. The summed E-state index contributed by atoms with van der Waals surface area (Å²) in [5, 5.41) is 4.16. The minimum absolute atomic E-state index is 0.202. The van der Waals surface area contributed by atoms with Gasteiger partial charge in [-0.3, -0.25) is 4.79 Å². The van der Waals surface area contributed by atoms with Gasteiger partial charge in [-0.25, -0.2) is 4.39 Å². The van der Waals surface area contributed by atoms with Crippen molar-refractivity contribution in [2.45, 2.75) is 13.1 Å². The maximum Gasteiger partial charge on any atom is 0.254 e. The average Bonchev–Trinajstić information content (AvgIpc) is 3.33. The molecule has 0 N–H and O–H groups in total. The average molecular weight is 446 g/mol. The maximum absolute atomic E-state index is 13.4. The van der Waals surface area contributed by atoms with Crippen LogP contribution in [0.1, 0.15) is 21.6 Å². The SMILES string of the molecule is COc1ccc(-c2cc(CN(Cc3ccc(F)cc3)C(=O)c3cccc(OC)c3)no2)cc1. The molecule has 0 saturated carbocycles. The minimum Gasteiger partial charge on any atom is -0.497 e. The normalized spacial score (nSPS) is 10.6. The number of carbonyl (C=O) groups is 1. The Kier molecular flexibility index (Phi) is 6.69. The van der Waals surface area contributed by atoms with Gasteiger partial charge in [0.15, 0.2) is 5.76 Å². The van der Waals surface area contributed by atoms with Gasteiger partial charge in [0.05, 0.1) is 20.8 Å². The Morgan fingerprint density at radius 2 is 1.64 bits per heavy atom. The highest BCUT2D eigenvalue weighted by molar-refractivity contribution is 5.94. The highest BCUT2D eigenvalue weighted by Gasteiger charge is 2.20. The third-order valence-corrected chi connectivity index (χ3v) is 5.18. The molecule has 0 aliphatic carbocycles. The van der Waals surface area contributed by atoms with Crippen LogP contribution < -0.4 is 9.47 Å². The van der Waals surface area contributed by atoms with Gasteiger partial charge in [0, 0.05) is 23.7 Å². The Morgan fingerprint density at radius 1 is 0.909 bits per heavy atom. The summed E-state index contributed by atoms with van der Waals surface area (Å²) in [5.74, 6) is 1.39. The number of hydrogen-bond donors (Lipinski definition) is 0. The van der Waals surface area contributed by atoms with Crippen LogP contribution in [0.25, 0.3) is 11.3 Å². The van der Waals surface area contributed by atoms with E-state index in [1.54, 1.807) is 61.6 Å². The van der Waals surface area contributed by atoms with E-state index in [1.807, 2.05) is 24.3 Å². The Morgan fingerprint density at radius 3 is 2.33 bits per heavy atom. The van der Waals surface area contributed by atoms with Crippen molar-refractivity contribution in [3.05, 3.63) is 102 Å². The van der Waals surface area contributed by atoms with Crippen LogP contribution in [0.4, 0.5) is 4.39 Å². The number of nitrogens with zero attached hydrogens (tertiary/aromatic N) is 2. The van der Waals surface area contributed by atoms with E-state index in [4.69, 9.17) is 14.0 Å². The second-order valence-electron chi connectivity index (χ2n) is 7.43. The molecule has 0 spiro atoms. The van der Waals surface area contributed by atoms with Gasteiger partial charge in [-0.15, -0.1) is 0 Å². The molecule has 1 heterocycles. The summed E-state index contributed by atoms with van der Waals surface area (Å²) in [7, 11) is 3.16. The first-order chi connectivity index (χ1) is 16.1. The Bertz CT molecular complexity index is 1220. The van der Waals surface area contributed by atoms with E-state index in [2.05, 4.69) is 5.16 Å². The van der Waals surface area contributed by atoms with Crippen LogP contribution in [0.15, 0.2) is 83.4 Å². The lowest BCUT2D eigenvalue weighted by Crippen LogP contribution is -2.30. The first-order valence-corrected chi connectivity index (χ1v) is 10.3. The first-order valence-electron chi connectivity index (χ1n) is 10.3. The van der Waals surface area contributed by atoms with Crippen LogP contribution in [0.2, 0.25) is 0 Å². The largest absolute Gasteiger partial charge is 0.497 e. The van der Waals surface area contributed by atoms with Crippen molar-refractivity contribution in [2.24, 2.45) is 0 Å². The fourth-order valence-corrected chi connectivity index (χ4v) is 3.42. The van der Waals surface area contributed by atoms with E-state index in [9.17, 15) is 9.18 Å². The minimum atomic E-state index is -0.329. The number of amides is 1. The van der Waals surface area contributed by atoms with E-state index in [1.165, 1.54) is 12.1 Å². The zero-order valence-corrected chi connectivity index (χ0v) is 18.3. The van der Waals surface area contributed by atoms with Crippen molar-refractivity contribution in [3.8, 4) is 22.8 Å². The summed E-state index contributed by atoms with van der Waals surface area (Å²) < 4.78 is 29.3. The van der Waals surface area contributed by atoms with Gasteiger partial charge >= 0.3 is 0 Å². The van der Waals surface area contributed by atoms with Crippen LogP contribution in [0.3, 0.4) is 0 Å². The van der Waals surface area contributed by atoms with Gasteiger partial charge in [-0.1, -0.05) is 23.4 Å². The van der Waals surface area contributed by atoms with E-state index in [-0.39, 0.29) is 24.8 Å². The number of methoxy groups -OCH3 is 2. The highest BCUT2D eigenvalue weighted by Crippen LogP contribution is 2.24. The van der Waals surface area contributed by atoms with Crippen molar-refractivity contribution in [3.63, 3.8) is 0 Å². The predicted octanol–water partition coefficient (Wildman–Crippen LogP) is 5.34. The van der Waals surface area contributed by atoms with Gasteiger partial charge in [-0.2, -0.15) is 0 Å². The van der Waals surface area contributed by atoms with Crippen molar-refractivity contribution in [1.29, 1.82) is 0 Å². The molecule has 0 atom stereocenters. The third kappa shape index (κ3) is 5.38. The van der Waals surface area contributed by atoms with Gasteiger partial charge in [0.1, 0.15) is 23.0 Å². The van der Waals surface area contributed by atoms with Crippen molar-refractivity contribution < 1.29 is 23.2 Å². The summed E-state index contributed by atoms with van der Waals surface area (Å²) in [6, 6.07) is 22.3. The van der Waals surface area contributed by atoms with Crippen molar-refractivity contribution in [2.75, 3.05) is 14.2 Å². The maximum atomic E-state index is 13.4. The molecule has 1 amide bonds. The van der Waals surface area contributed by atoms with Crippen molar-refractivity contribution >= 4 is 5.91 Å². The van der Waals surface area contributed by atoms with Crippen LogP contribution in [0.5, 0.6) is 11.5 Å². The second-order valence-corrected chi connectivity index (χ2v) is 7.43. The third-order valence-electron chi connectivity index (χ3n) is 5.18. The van der Waals surface area contributed by atoms with E-state index >= 15 is 0 Å². The fourth-order valence-electron chi connectivity index (χ4n) is 3.42. The second kappa shape index (κ2) is 9.99. The molecule has 6 nitrogen and oxygen atoms in total. The lowest BCUT2D eigenvalue weighted by atomic mass is 10.1. The molecule has 0 bridgehead atoms. The Hall–Kier alpha value is -4.13. The summed E-state index contributed by atoms with van der Waals surface area (Å²) in [6.07, 6.45) is 0. The number of benzene rings is 3. The molecule has 0 radical (unpaired) electrons. The molecule has 0 fully saturated rings. The van der Waals surface area contributed by atoms with E-state index in [0.29, 0.717) is 22.8 Å². The summed E-state index contributed by atoms with van der Waals surface area (Å²) in [5.41, 5.74) is 2.72. The monoisotopic (exact) mass is 446 g/mol. The number of carbonyl (C=O) groups excluding carboxylic acids is 1. The topological polar surface area (TPSA) is 64.8 Å². The number of hydrogen-bond acceptors (Lipinski definition) is 5. The molecule has 4 aromatic rings. The van der Waals surface area contributed by atoms with Crippen LogP contribution >= 0.6 is 0 Å². The van der Waals surface area contributed by atoms with Crippen LogP contribution in [-0.4, -0.2) is 30.2 Å². The zero-order valence-electron chi connectivity index (χ0n) is 18.3. The number of ether oxygens (including phenoxy) is 2. The lowest BCUT2D eigenvalue weighted by Gasteiger charge is -2.22. The van der Waals surface area contributed by atoms with Gasteiger partial charge in [0.2, 0.25) is 0 Å². The van der Waals surface area contributed by atoms with Gasteiger partial charge in [-0.05, 0) is 60.2 Å². The van der Waals surface area contributed by atoms with Crippen molar-refractivity contribution in [1.82, 2.24) is 10.1 Å². The molecular formula is C26H23FN2O4. The zero-order chi connectivity index (χ0) is 23.2. The first kappa shape index (κ1) is 22.1. The highest BCUT2D eigenvalue weighted by atomic mass is 19.1. The standard InChI is InChI=1S/C26H23FN2O4/c1-31-23-12-8-19(9-13-23)25-15-22(28-33-25)17-29(16-18-6-10-21(27)11-7-18)26(30)20-4-3-5-24(14-20)32-2/h3-15H,16-17H2,1-2H3. The smallest absolute Gasteiger partial charge is 0.254 e. The molecular weight excluding hydrogens is 423 g/mol. The molecule has 168 valence electrons. The Labute approximate surface area is 191 Å². The molecule has 0 aliphatic rings. The molecule has 7 heteroatoms. The number of halogens is 1. The van der Waals surface area contributed by atoms with E-state index < -0.39 is 0 Å². The van der Waals surface area contributed by atoms with Gasteiger partial charge < -0.3 is 18.9 Å². The Balaban J connectivity index is 1.59. The van der Waals surface area contributed by atoms with Crippen LogP contribution in [0, 0.1) is 5.82 Å². The van der Waals surface area contributed by atoms with Crippen LogP contribution in [-0.2, 0) is 13.1 Å². The fraction of sp³-hybridized carbons (Fsp3) is 0.154. The number of rotatable bonds is 8. The summed E-state index contributed by atoms with van der Waals surface area (Å²) in [6.45, 7) is 0.494. The quantitative estimate of drug-likeness (QED) is 0.366.